The molecule has 2 rings (SSSR count). The van der Waals surface area contributed by atoms with Gasteiger partial charge in [0.05, 0.1) is 5.52 Å². The maximum Gasteiger partial charge on any atom is 0.150 e. The van der Waals surface area contributed by atoms with Crippen LogP contribution in [-0.2, 0) is 6.54 Å². The minimum Gasteiger partial charge on any atom is -0.416 e. The van der Waals surface area contributed by atoms with Gasteiger partial charge in [0, 0.05) is 28.3 Å². The fourth-order valence-electron chi connectivity index (χ4n) is 2.53. The zero-order valence-electron chi connectivity index (χ0n) is 13.9. The van der Waals surface area contributed by atoms with Gasteiger partial charge in [-0.15, -0.1) is 11.8 Å². The molecule has 1 unspecified atom stereocenters. The molecular formula is C17H24N2O2S. The third-order valence-electron chi connectivity index (χ3n) is 3.71. The first-order valence-corrected chi connectivity index (χ1v) is 8.38. The molecule has 120 valence electrons. The van der Waals surface area contributed by atoms with E-state index in [1.807, 2.05) is 37.0 Å². The van der Waals surface area contributed by atoms with Crippen molar-refractivity contribution in [3.05, 3.63) is 29.3 Å². The lowest BCUT2D eigenvalue weighted by atomic mass is 10.1. The molecule has 1 heterocycles. The Morgan fingerprint density at radius 3 is 2.68 bits per heavy atom. The van der Waals surface area contributed by atoms with Crippen molar-refractivity contribution in [3.63, 3.8) is 0 Å². The third kappa shape index (κ3) is 3.15. The molecule has 0 saturated carbocycles. The highest BCUT2D eigenvalue weighted by molar-refractivity contribution is 7.99. The summed E-state index contributed by atoms with van der Waals surface area (Å²) in [5, 5.41) is 2.58. The van der Waals surface area contributed by atoms with Gasteiger partial charge in [-0.1, -0.05) is 26.0 Å². The highest BCUT2D eigenvalue weighted by Crippen LogP contribution is 2.37. The normalized spacial score (nSPS) is 12.8. The van der Waals surface area contributed by atoms with Gasteiger partial charge in [-0.25, -0.2) is 0 Å². The molecule has 22 heavy (non-hydrogen) atoms. The van der Waals surface area contributed by atoms with Gasteiger partial charge in [-0.3, -0.25) is 4.79 Å². The average molecular weight is 320 g/mol. The number of aldehydes is 1. The van der Waals surface area contributed by atoms with Crippen LogP contribution in [-0.4, -0.2) is 42.4 Å². The minimum atomic E-state index is 0.485. The maximum atomic E-state index is 11.5. The van der Waals surface area contributed by atoms with Gasteiger partial charge >= 0.3 is 0 Å². The average Bonchev–Trinajstić information content (AvgIpc) is 2.79. The molecule has 0 aliphatic rings. The molecule has 5 heteroatoms. The first-order valence-electron chi connectivity index (χ1n) is 7.50. The van der Waals surface area contributed by atoms with Crippen molar-refractivity contribution >= 4 is 29.0 Å². The van der Waals surface area contributed by atoms with Crippen LogP contribution < -0.4 is 4.84 Å². The molecule has 1 aromatic carbocycles. The lowest BCUT2D eigenvalue weighted by Crippen LogP contribution is -2.13. The van der Waals surface area contributed by atoms with Gasteiger partial charge in [0.25, 0.3) is 0 Å². The molecule has 0 aliphatic heterocycles. The van der Waals surface area contributed by atoms with Crippen molar-refractivity contribution in [2.45, 2.75) is 37.1 Å². The van der Waals surface area contributed by atoms with Crippen molar-refractivity contribution in [1.82, 2.24) is 9.63 Å². The Bertz CT molecular complexity index is 664. The molecule has 0 saturated heterocycles. The van der Waals surface area contributed by atoms with Gasteiger partial charge in [0.2, 0.25) is 0 Å². The number of thioether (sulfide) groups is 1. The predicted octanol–water partition coefficient (Wildman–Crippen LogP) is 3.46. The number of carbonyl (C=O) groups excluding carboxylic acids is 1. The van der Waals surface area contributed by atoms with E-state index in [1.54, 1.807) is 18.9 Å². The SMILES string of the molecule is CCC(C)Sc1c(CN(C)C)c2c(C=O)cccc2n1OC. The third-order valence-corrected chi connectivity index (χ3v) is 5.08. The van der Waals surface area contributed by atoms with Crippen molar-refractivity contribution in [2.24, 2.45) is 0 Å². The van der Waals surface area contributed by atoms with E-state index in [1.165, 1.54) is 0 Å². The zero-order valence-corrected chi connectivity index (χ0v) is 14.7. The Balaban J connectivity index is 2.75. The second-order valence-corrected chi connectivity index (χ2v) is 7.12. The van der Waals surface area contributed by atoms with Crippen molar-refractivity contribution in [1.29, 1.82) is 0 Å². The second kappa shape index (κ2) is 7.20. The first-order chi connectivity index (χ1) is 10.5. The number of rotatable bonds is 7. The van der Waals surface area contributed by atoms with E-state index >= 15 is 0 Å². The maximum absolute atomic E-state index is 11.5. The number of nitrogens with zero attached hydrogens (tertiary/aromatic N) is 2. The Labute approximate surface area is 136 Å². The quantitative estimate of drug-likeness (QED) is 0.578. The fraction of sp³-hybridized carbons (Fsp3) is 0.471. The van der Waals surface area contributed by atoms with Crippen LogP contribution in [0, 0.1) is 0 Å². The number of fused-ring (bicyclic) bond motifs is 1. The molecule has 0 fully saturated rings. The van der Waals surface area contributed by atoms with Crippen LogP contribution in [0.4, 0.5) is 0 Å². The Morgan fingerprint density at radius 2 is 2.14 bits per heavy atom. The molecular weight excluding hydrogens is 296 g/mol. The predicted molar refractivity (Wildman–Crippen MR) is 92.8 cm³/mol. The highest BCUT2D eigenvalue weighted by Gasteiger charge is 2.22. The van der Waals surface area contributed by atoms with Crippen LogP contribution in [0.15, 0.2) is 23.2 Å². The summed E-state index contributed by atoms with van der Waals surface area (Å²) >= 11 is 1.80. The fourth-order valence-corrected chi connectivity index (χ4v) is 3.66. The summed E-state index contributed by atoms with van der Waals surface area (Å²) in [4.78, 5) is 19.2. The molecule has 0 amide bonds. The van der Waals surface area contributed by atoms with Crippen LogP contribution >= 0.6 is 11.8 Å². The Kier molecular flexibility index (Phi) is 5.53. The van der Waals surface area contributed by atoms with E-state index in [2.05, 4.69) is 18.7 Å². The van der Waals surface area contributed by atoms with Crippen molar-refractivity contribution in [2.75, 3.05) is 21.2 Å². The highest BCUT2D eigenvalue weighted by atomic mass is 32.2. The van der Waals surface area contributed by atoms with E-state index in [0.717, 1.165) is 46.3 Å². The molecule has 0 aliphatic carbocycles. The summed E-state index contributed by atoms with van der Waals surface area (Å²) in [7, 11) is 5.75. The summed E-state index contributed by atoms with van der Waals surface area (Å²) in [6.45, 7) is 5.17. The van der Waals surface area contributed by atoms with Gasteiger partial charge < -0.3 is 9.74 Å². The van der Waals surface area contributed by atoms with Crippen LogP contribution in [0.5, 0.6) is 0 Å². The number of hydrogen-bond donors (Lipinski definition) is 0. The molecule has 1 atom stereocenters. The van der Waals surface area contributed by atoms with E-state index < -0.39 is 0 Å². The standard InChI is InChI=1S/C17H24N2O2S/c1-6-12(2)22-17-14(10-18(3)4)16-13(11-20)8-7-9-15(16)19(17)21-5/h7-9,11-12H,6,10H2,1-5H3. The van der Waals surface area contributed by atoms with Crippen LogP contribution in [0.3, 0.4) is 0 Å². The molecule has 0 radical (unpaired) electrons. The first kappa shape index (κ1) is 16.9. The zero-order chi connectivity index (χ0) is 16.3. The molecule has 1 aromatic heterocycles. The Hall–Kier alpha value is -1.46. The van der Waals surface area contributed by atoms with Crippen molar-refractivity contribution < 1.29 is 9.63 Å². The van der Waals surface area contributed by atoms with E-state index in [0.29, 0.717) is 5.25 Å². The monoisotopic (exact) mass is 320 g/mol. The minimum absolute atomic E-state index is 0.485. The van der Waals surface area contributed by atoms with Gasteiger partial charge in [-0.05, 0) is 26.6 Å². The number of carbonyl (C=O) groups is 1. The summed E-state index contributed by atoms with van der Waals surface area (Å²) in [6, 6.07) is 5.77. The molecule has 0 bridgehead atoms. The summed E-state index contributed by atoms with van der Waals surface area (Å²) in [5.74, 6) is 0. The van der Waals surface area contributed by atoms with Crippen LogP contribution in [0.25, 0.3) is 10.9 Å². The molecule has 0 N–H and O–H groups in total. The largest absolute Gasteiger partial charge is 0.416 e. The summed E-state index contributed by atoms with van der Waals surface area (Å²) < 4.78 is 1.86. The van der Waals surface area contributed by atoms with E-state index in [4.69, 9.17) is 4.84 Å². The number of benzene rings is 1. The molecule has 4 nitrogen and oxygen atoms in total. The smallest absolute Gasteiger partial charge is 0.150 e. The summed E-state index contributed by atoms with van der Waals surface area (Å²) in [6.07, 6.45) is 2.01. The molecule has 2 aromatic rings. The molecule has 0 spiro atoms. The van der Waals surface area contributed by atoms with Gasteiger partial charge in [0.15, 0.2) is 6.29 Å². The number of aromatic nitrogens is 1. The lowest BCUT2D eigenvalue weighted by molar-refractivity contribution is 0.112. The Morgan fingerprint density at radius 1 is 1.41 bits per heavy atom. The van der Waals surface area contributed by atoms with Crippen molar-refractivity contribution in [3.8, 4) is 0 Å². The van der Waals surface area contributed by atoms with Crippen LogP contribution in [0.1, 0.15) is 36.2 Å². The lowest BCUT2D eigenvalue weighted by Gasteiger charge is -2.15. The van der Waals surface area contributed by atoms with E-state index in [9.17, 15) is 4.79 Å². The van der Waals surface area contributed by atoms with Gasteiger partial charge in [0.1, 0.15) is 12.1 Å². The van der Waals surface area contributed by atoms with Gasteiger partial charge in [-0.2, -0.15) is 4.73 Å². The second-order valence-electron chi connectivity index (χ2n) is 5.69. The van der Waals surface area contributed by atoms with Crippen LogP contribution in [0.2, 0.25) is 0 Å². The van der Waals surface area contributed by atoms with E-state index in [-0.39, 0.29) is 0 Å². The topological polar surface area (TPSA) is 34.5 Å². The summed E-state index contributed by atoms with van der Waals surface area (Å²) in [5.41, 5.74) is 2.83. The number of hydrogen-bond acceptors (Lipinski definition) is 4.